The first-order valence-corrected chi connectivity index (χ1v) is 22.3. The van der Waals surface area contributed by atoms with Gasteiger partial charge in [-0.2, -0.15) is 0 Å². The molecule has 2 atom stereocenters. The molecule has 320 valence electrons. The number of thiocarbonyl (C=S) groups is 1. The van der Waals surface area contributed by atoms with Crippen molar-refractivity contribution in [3.63, 3.8) is 0 Å². The Bertz CT molecular complexity index is 1780. The molecule has 5 rings (SSSR count). The number of hydrogen-bond acceptors (Lipinski definition) is 8. The fraction of sp³-hybridized carbons (Fsp3) is 0.540. The number of amides is 1. The Balaban J connectivity index is 1.31. The predicted octanol–water partition coefficient (Wildman–Crippen LogP) is 10.8. The van der Waals surface area contributed by atoms with E-state index in [0.29, 0.717) is 26.1 Å². The van der Waals surface area contributed by atoms with Crippen molar-refractivity contribution in [2.45, 2.75) is 154 Å². The van der Waals surface area contributed by atoms with Crippen LogP contribution in [0.4, 0.5) is 0 Å². The highest BCUT2D eigenvalue weighted by molar-refractivity contribution is 7.80. The number of aryl methyl sites for hydroxylation is 1. The molecule has 0 spiro atoms. The first-order valence-electron chi connectivity index (χ1n) is 21.9. The highest BCUT2D eigenvalue weighted by Gasteiger charge is 2.59. The minimum Gasteiger partial charge on any atom is -0.458 e. The highest BCUT2D eigenvalue weighted by atomic mass is 32.1. The number of nitrogens with zero attached hydrogens (tertiary/aromatic N) is 1. The lowest BCUT2D eigenvalue weighted by Gasteiger charge is -2.39. The van der Waals surface area contributed by atoms with Crippen LogP contribution in [0, 0.1) is 5.92 Å². The maximum absolute atomic E-state index is 15.2. The van der Waals surface area contributed by atoms with E-state index in [-0.39, 0.29) is 23.1 Å². The molecule has 0 bridgehead atoms. The second-order valence-electron chi connectivity index (χ2n) is 17.5. The van der Waals surface area contributed by atoms with E-state index in [1.54, 1.807) is 26.8 Å². The summed E-state index contributed by atoms with van der Waals surface area (Å²) >= 11 is 5.95. The van der Waals surface area contributed by atoms with Gasteiger partial charge in [-0.3, -0.25) is 9.69 Å². The zero-order valence-corrected chi connectivity index (χ0v) is 37.1. The summed E-state index contributed by atoms with van der Waals surface area (Å²) < 4.78 is 24.9. The minimum absolute atomic E-state index is 0.000434. The van der Waals surface area contributed by atoms with Crippen LogP contribution in [-0.4, -0.2) is 63.3 Å². The second kappa shape index (κ2) is 21.1. The van der Waals surface area contributed by atoms with Gasteiger partial charge in [-0.1, -0.05) is 144 Å². The monoisotopic (exact) mass is 825 g/mol. The molecule has 0 unspecified atom stereocenters. The SMILES string of the molecule is CCC[C@@](O)(C(=O)OC(C)(C)C)/C(=C/CCCCCCCC1(CCCCc2ccccc2)OCCO1)C(=O)N1C(=S)OC(c2ccccc2)(c2ccccc2)[C@@H]1C(C)C. The van der Waals surface area contributed by atoms with Crippen LogP contribution in [0.5, 0.6) is 0 Å². The fourth-order valence-electron chi connectivity index (χ4n) is 8.75. The maximum atomic E-state index is 15.2. The van der Waals surface area contributed by atoms with Crippen LogP contribution in [0.15, 0.2) is 103 Å². The standard InChI is InChI=1S/C50H67NO7S/c1-7-33-49(54,45(53)57-47(4,5)6)42(32-21-10-8-9-11-23-34-48(55-36-37-56-48)35-24-22-27-39-25-15-12-16-26-39)44(52)51-43(38(2)3)50(58-46(51)59,40-28-17-13-18-29-40)41-30-19-14-20-31-41/h12-20,25-26,28-32,38,43,54H,7-11,21-24,27,33-37H2,1-6H3/b42-32+/t43-,49-/m0/s1. The molecule has 3 aromatic carbocycles. The summed E-state index contributed by atoms with van der Waals surface area (Å²) in [6.07, 6.45) is 12.4. The van der Waals surface area contributed by atoms with Gasteiger partial charge in [-0.15, -0.1) is 0 Å². The number of esters is 1. The molecular formula is C50H67NO7S. The van der Waals surface area contributed by atoms with Crippen LogP contribution in [-0.2, 0) is 40.6 Å². The third-order valence-corrected chi connectivity index (χ3v) is 11.7. The van der Waals surface area contributed by atoms with Crippen molar-refractivity contribution in [3.05, 3.63) is 119 Å². The smallest absolute Gasteiger partial charge is 0.343 e. The van der Waals surface area contributed by atoms with Crippen molar-refractivity contribution in [2.75, 3.05) is 13.2 Å². The summed E-state index contributed by atoms with van der Waals surface area (Å²) in [5, 5.41) is 12.4. The molecular weight excluding hydrogens is 759 g/mol. The van der Waals surface area contributed by atoms with Gasteiger partial charge in [0.2, 0.25) is 0 Å². The van der Waals surface area contributed by atoms with Crippen LogP contribution in [0.1, 0.15) is 135 Å². The van der Waals surface area contributed by atoms with Crippen LogP contribution < -0.4 is 0 Å². The van der Waals surface area contributed by atoms with Gasteiger partial charge in [0, 0.05) is 24.0 Å². The molecule has 2 saturated heterocycles. The molecule has 1 N–H and O–H groups in total. The first kappa shape index (κ1) is 46.2. The van der Waals surface area contributed by atoms with E-state index in [9.17, 15) is 9.90 Å². The Morgan fingerprint density at radius 1 is 0.831 bits per heavy atom. The van der Waals surface area contributed by atoms with Crippen LogP contribution in [0.2, 0.25) is 0 Å². The molecule has 3 aromatic rings. The number of rotatable bonds is 21. The Hall–Kier alpha value is -3.89. The topological polar surface area (TPSA) is 94.5 Å². The van der Waals surface area contributed by atoms with Gasteiger partial charge in [0.15, 0.2) is 17.0 Å². The van der Waals surface area contributed by atoms with Crippen LogP contribution in [0.3, 0.4) is 0 Å². The number of allylic oxidation sites excluding steroid dienone is 1. The highest BCUT2D eigenvalue weighted by Crippen LogP contribution is 2.48. The first-order chi connectivity index (χ1) is 28.3. The molecule has 0 aromatic heterocycles. The molecule has 2 fully saturated rings. The van der Waals surface area contributed by atoms with Gasteiger partial charge in [0.25, 0.3) is 11.1 Å². The zero-order chi connectivity index (χ0) is 42.5. The Kier molecular flexibility index (Phi) is 16.5. The molecule has 8 nitrogen and oxygen atoms in total. The molecule has 9 heteroatoms. The second-order valence-corrected chi connectivity index (χ2v) is 17.9. The summed E-state index contributed by atoms with van der Waals surface area (Å²) in [5.74, 6) is -2.02. The van der Waals surface area contributed by atoms with E-state index in [4.69, 9.17) is 31.2 Å². The number of carbonyl (C=O) groups excluding carboxylic acids is 2. The molecule has 2 aliphatic heterocycles. The van der Waals surface area contributed by atoms with E-state index < -0.39 is 40.5 Å². The Morgan fingerprint density at radius 3 is 1.90 bits per heavy atom. The van der Waals surface area contributed by atoms with Gasteiger partial charge in [0.05, 0.1) is 24.8 Å². The van der Waals surface area contributed by atoms with Crippen molar-refractivity contribution >= 4 is 29.3 Å². The molecule has 59 heavy (non-hydrogen) atoms. The van der Waals surface area contributed by atoms with E-state index in [1.807, 2.05) is 81.4 Å². The van der Waals surface area contributed by atoms with Gasteiger partial charge >= 0.3 is 5.97 Å². The van der Waals surface area contributed by atoms with E-state index in [2.05, 4.69) is 30.3 Å². The van der Waals surface area contributed by atoms with Gasteiger partial charge in [-0.25, -0.2) is 4.79 Å². The van der Waals surface area contributed by atoms with Crippen molar-refractivity contribution in [2.24, 2.45) is 5.92 Å². The molecule has 0 aliphatic carbocycles. The number of ether oxygens (including phenoxy) is 4. The van der Waals surface area contributed by atoms with Crippen molar-refractivity contribution in [3.8, 4) is 0 Å². The lowest BCUT2D eigenvalue weighted by atomic mass is 9.75. The number of unbranched alkanes of at least 4 members (excludes halogenated alkanes) is 6. The Labute approximate surface area is 358 Å². The molecule has 2 aliphatic rings. The summed E-state index contributed by atoms with van der Waals surface area (Å²) in [6, 6.07) is 29.7. The van der Waals surface area contributed by atoms with Crippen LogP contribution >= 0.6 is 12.2 Å². The summed E-state index contributed by atoms with van der Waals surface area (Å²) in [6.45, 7) is 12.5. The third-order valence-electron chi connectivity index (χ3n) is 11.5. The molecule has 2 heterocycles. The maximum Gasteiger partial charge on any atom is 0.343 e. The van der Waals surface area contributed by atoms with Crippen molar-refractivity contribution < 1.29 is 33.6 Å². The normalized spacial score (nSPS) is 18.8. The summed E-state index contributed by atoms with van der Waals surface area (Å²) in [5.41, 5.74) is -1.16. The van der Waals surface area contributed by atoms with Crippen LogP contribution in [0.25, 0.3) is 0 Å². The van der Waals surface area contributed by atoms with E-state index in [1.165, 1.54) is 10.5 Å². The van der Waals surface area contributed by atoms with Gasteiger partial charge < -0.3 is 24.1 Å². The molecule has 1 amide bonds. The molecule has 0 saturated carbocycles. The summed E-state index contributed by atoms with van der Waals surface area (Å²) in [4.78, 5) is 30.8. The zero-order valence-electron chi connectivity index (χ0n) is 36.3. The van der Waals surface area contributed by atoms with E-state index >= 15 is 4.79 Å². The average molecular weight is 826 g/mol. The average Bonchev–Trinajstić information content (AvgIpc) is 3.82. The van der Waals surface area contributed by atoms with Crippen molar-refractivity contribution in [1.82, 2.24) is 4.90 Å². The third kappa shape index (κ3) is 11.5. The minimum atomic E-state index is -2.20. The van der Waals surface area contributed by atoms with Crippen molar-refractivity contribution in [1.29, 1.82) is 0 Å². The number of benzene rings is 3. The molecule has 0 radical (unpaired) electrons. The number of aliphatic hydroxyl groups is 1. The quantitative estimate of drug-likeness (QED) is 0.0491. The number of hydrogen-bond donors (Lipinski definition) is 1. The lowest BCUT2D eigenvalue weighted by molar-refractivity contribution is -0.175. The summed E-state index contributed by atoms with van der Waals surface area (Å²) in [7, 11) is 0. The lowest BCUT2D eigenvalue weighted by Crippen LogP contribution is -2.54. The van der Waals surface area contributed by atoms with Gasteiger partial charge in [0.1, 0.15) is 5.60 Å². The van der Waals surface area contributed by atoms with E-state index in [0.717, 1.165) is 75.3 Å². The predicted molar refractivity (Wildman–Crippen MR) is 238 cm³/mol. The fourth-order valence-corrected chi connectivity index (χ4v) is 9.07. The Morgan fingerprint density at radius 2 is 1.36 bits per heavy atom. The van der Waals surface area contributed by atoms with Gasteiger partial charge in [-0.05, 0) is 89.4 Å². The number of carbonyl (C=O) groups is 2. The largest absolute Gasteiger partial charge is 0.458 e.